The number of carboxylic acids is 1. The predicted octanol–water partition coefficient (Wildman–Crippen LogP) is 2.34. The van der Waals surface area contributed by atoms with Gasteiger partial charge in [-0.25, -0.2) is 0 Å². The van der Waals surface area contributed by atoms with Crippen LogP contribution in [0.5, 0.6) is 0 Å². The Bertz CT molecular complexity index is 290. The Hall–Kier alpha value is -0.610. The topological polar surface area (TPSA) is 52.6 Å². The first-order valence-electron chi connectivity index (χ1n) is 7.61. The molecule has 0 amide bonds. The summed E-state index contributed by atoms with van der Waals surface area (Å²) in [7, 11) is 0. The molecule has 0 aromatic carbocycles. The Morgan fingerprint density at radius 1 is 1.47 bits per heavy atom. The SMILES string of the molecule is CCN(CCCC(C)(NC(C)C)C(=O)O)CC1CC1. The summed E-state index contributed by atoms with van der Waals surface area (Å²) < 4.78 is 0. The molecule has 0 bridgehead atoms. The number of carbonyl (C=O) groups is 1. The maximum atomic E-state index is 11.4. The minimum atomic E-state index is -0.798. The molecule has 1 aliphatic rings. The van der Waals surface area contributed by atoms with Gasteiger partial charge in [0, 0.05) is 12.6 Å². The van der Waals surface area contributed by atoms with E-state index in [1.54, 1.807) is 6.92 Å². The van der Waals surface area contributed by atoms with Gasteiger partial charge in [-0.2, -0.15) is 0 Å². The van der Waals surface area contributed by atoms with Crippen LogP contribution in [0.4, 0.5) is 0 Å². The number of aliphatic carboxylic acids is 1. The quantitative estimate of drug-likeness (QED) is 0.640. The molecule has 0 aliphatic heterocycles. The molecule has 1 unspecified atom stereocenters. The Balaban J connectivity index is 2.35. The molecule has 112 valence electrons. The fourth-order valence-corrected chi connectivity index (χ4v) is 2.58. The van der Waals surface area contributed by atoms with Crippen LogP contribution in [0.3, 0.4) is 0 Å². The van der Waals surface area contributed by atoms with Gasteiger partial charge in [0.15, 0.2) is 0 Å². The van der Waals surface area contributed by atoms with E-state index in [0.29, 0.717) is 6.42 Å². The zero-order valence-corrected chi connectivity index (χ0v) is 12.9. The number of nitrogens with one attached hydrogen (secondary N) is 1. The lowest BCUT2D eigenvalue weighted by molar-refractivity contribution is -0.144. The van der Waals surface area contributed by atoms with Crippen LogP contribution in [0, 0.1) is 5.92 Å². The van der Waals surface area contributed by atoms with Crippen molar-refractivity contribution in [3.63, 3.8) is 0 Å². The summed E-state index contributed by atoms with van der Waals surface area (Å²) in [6, 6.07) is 0.190. The molecule has 4 nitrogen and oxygen atoms in total. The average Bonchev–Trinajstić information content (AvgIpc) is 3.10. The van der Waals surface area contributed by atoms with Crippen molar-refractivity contribution >= 4 is 5.97 Å². The molecule has 1 saturated carbocycles. The Kier molecular flexibility index (Phi) is 6.27. The van der Waals surface area contributed by atoms with Gasteiger partial charge in [-0.3, -0.25) is 10.1 Å². The number of nitrogens with zero attached hydrogens (tertiary/aromatic N) is 1. The predicted molar refractivity (Wildman–Crippen MR) is 78.4 cm³/mol. The number of rotatable bonds is 10. The fourth-order valence-electron chi connectivity index (χ4n) is 2.58. The molecule has 19 heavy (non-hydrogen) atoms. The Morgan fingerprint density at radius 2 is 2.11 bits per heavy atom. The molecule has 0 aromatic heterocycles. The van der Waals surface area contributed by atoms with Crippen LogP contribution in [0.25, 0.3) is 0 Å². The molecular formula is C15H30N2O2. The molecule has 0 spiro atoms. The van der Waals surface area contributed by atoms with E-state index >= 15 is 0 Å². The van der Waals surface area contributed by atoms with Crippen molar-refractivity contribution in [2.45, 2.75) is 65.0 Å². The monoisotopic (exact) mass is 270 g/mol. The van der Waals surface area contributed by atoms with E-state index in [1.807, 2.05) is 13.8 Å². The van der Waals surface area contributed by atoms with E-state index < -0.39 is 11.5 Å². The zero-order chi connectivity index (χ0) is 14.5. The highest BCUT2D eigenvalue weighted by atomic mass is 16.4. The van der Waals surface area contributed by atoms with Gasteiger partial charge in [-0.1, -0.05) is 6.92 Å². The van der Waals surface area contributed by atoms with E-state index in [-0.39, 0.29) is 6.04 Å². The third-order valence-corrected chi connectivity index (χ3v) is 3.89. The van der Waals surface area contributed by atoms with E-state index in [2.05, 4.69) is 17.1 Å². The second-order valence-electron chi connectivity index (χ2n) is 6.38. The Morgan fingerprint density at radius 3 is 2.53 bits per heavy atom. The molecule has 1 aliphatic carbocycles. The number of hydrogen-bond donors (Lipinski definition) is 2. The van der Waals surface area contributed by atoms with Crippen molar-refractivity contribution in [1.82, 2.24) is 10.2 Å². The van der Waals surface area contributed by atoms with Crippen molar-refractivity contribution in [2.75, 3.05) is 19.6 Å². The summed E-state index contributed by atoms with van der Waals surface area (Å²) in [5, 5.41) is 12.6. The third kappa shape index (κ3) is 5.91. The van der Waals surface area contributed by atoms with Gasteiger partial charge in [0.2, 0.25) is 0 Å². The summed E-state index contributed by atoms with van der Waals surface area (Å²) in [4.78, 5) is 13.9. The highest BCUT2D eigenvalue weighted by molar-refractivity contribution is 5.78. The standard InChI is InChI=1S/C15H30N2O2/c1-5-17(11-13-7-8-13)10-6-9-15(4,14(18)19)16-12(2)3/h12-13,16H,5-11H2,1-4H3,(H,18,19). The van der Waals surface area contributed by atoms with Crippen LogP contribution in [0.15, 0.2) is 0 Å². The molecule has 0 radical (unpaired) electrons. The lowest BCUT2D eigenvalue weighted by Crippen LogP contribution is -2.52. The molecule has 0 heterocycles. The van der Waals surface area contributed by atoms with E-state index in [0.717, 1.165) is 25.4 Å². The van der Waals surface area contributed by atoms with Crippen molar-refractivity contribution in [2.24, 2.45) is 5.92 Å². The van der Waals surface area contributed by atoms with E-state index in [4.69, 9.17) is 0 Å². The third-order valence-electron chi connectivity index (χ3n) is 3.89. The molecule has 0 aromatic rings. The lowest BCUT2D eigenvalue weighted by Gasteiger charge is -2.30. The summed E-state index contributed by atoms with van der Waals surface area (Å²) in [6.45, 7) is 11.2. The van der Waals surface area contributed by atoms with E-state index in [9.17, 15) is 9.90 Å². The smallest absolute Gasteiger partial charge is 0.323 e. The van der Waals surface area contributed by atoms with Gasteiger partial charge in [0.1, 0.15) is 5.54 Å². The number of hydrogen-bond acceptors (Lipinski definition) is 3. The summed E-state index contributed by atoms with van der Waals surface area (Å²) in [5.41, 5.74) is -0.798. The van der Waals surface area contributed by atoms with Gasteiger partial charge >= 0.3 is 5.97 Å². The number of carboxylic acid groups (broad SMARTS) is 1. The van der Waals surface area contributed by atoms with Crippen molar-refractivity contribution in [3.8, 4) is 0 Å². The van der Waals surface area contributed by atoms with Gasteiger partial charge in [-0.15, -0.1) is 0 Å². The maximum Gasteiger partial charge on any atom is 0.323 e. The van der Waals surface area contributed by atoms with Gasteiger partial charge in [-0.05, 0) is 65.5 Å². The van der Waals surface area contributed by atoms with Crippen LogP contribution in [-0.2, 0) is 4.79 Å². The summed E-state index contributed by atoms with van der Waals surface area (Å²) in [5.74, 6) is 0.158. The van der Waals surface area contributed by atoms with Crippen LogP contribution in [0.2, 0.25) is 0 Å². The van der Waals surface area contributed by atoms with Crippen LogP contribution >= 0.6 is 0 Å². The van der Waals surface area contributed by atoms with Crippen molar-refractivity contribution < 1.29 is 9.90 Å². The van der Waals surface area contributed by atoms with Crippen molar-refractivity contribution in [3.05, 3.63) is 0 Å². The zero-order valence-electron chi connectivity index (χ0n) is 12.9. The highest BCUT2D eigenvalue weighted by Gasteiger charge is 2.33. The van der Waals surface area contributed by atoms with Crippen LogP contribution in [0.1, 0.15) is 53.4 Å². The maximum absolute atomic E-state index is 11.4. The summed E-state index contributed by atoms with van der Waals surface area (Å²) in [6.07, 6.45) is 4.36. The molecular weight excluding hydrogens is 240 g/mol. The van der Waals surface area contributed by atoms with Gasteiger partial charge in [0.25, 0.3) is 0 Å². The fraction of sp³-hybridized carbons (Fsp3) is 0.933. The minimum Gasteiger partial charge on any atom is -0.480 e. The second-order valence-corrected chi connectivity index (χ2v) is 6.38. The van der Waals surface area contributed by atoms with Gasteiger partial charge < -0.3 is 10.0 Å². The van der Waals surface area contributed by atoms with Crippen LogP contribution in [-0.4, -0.2) is 47.2 Å². The first-order valence-corrected chi connectivity index (χ1v) is 7.61. The van der Waals surface area contributed by atoms with E-state index in [1.165, 1.54) is 19.4 Å². The Labute approximate surface area is 117 Å². The van der Waals surface area contributed by atoms with Crippen molar-refractivity contribution in [1.29, 1.82) is 0 Å². The molecule has 2 N–H and O–H groups in total. The molecule has 1 atom stereocenters. The molecule has 4 heteroatoms. The normalized spacial score (nSPS) is 18.8. The average molecular weight is 270 g/mol. The summed E-state index contributed by atoms with van der Waals surface area (Å²) >= 11 is 0. The molecule has 1 rings (SSSR count). The minimum absolute atomic E-state index is 0.190. The first-order chi connectivity index (χ1) is 8.87. The molecule has 1 fully saturated rings. The molecule has 0 saturated heterocycles. The second kappa shape index (κ2) is 7.25. The lowest BCUT2D eigenvalue weighted by atomic mass is 9.94. The largest absolute Gasteiger partial charge is 0.480 e. The first kappa shape index (κ1) is 16.4. The highest BCUT2D eigenvalue weighted by Crippen LogP contribution is 2.29. The van der Waals surface area contributed by atoms with Gasteiger partial charge in [0.05, 0.1) is 0 Å². The van der Waals surface area contributed by atoms with Crippen LogP contribution < -0.4 is 5.32 Å².